The van der Waals surface area contributed by atoms with Crippen LogP contribution in [-0.4, -0.2) is 48.3 Å². The molecule has 3 aromatic carbocycles. The molecule has 10 nitrogen and oxygen atoms in total. The molecule has 0 unspecified atom stereocenters. The zero-order valence-corrected chi connectivity index (χ0v) is 37.1. The number of nitriles is 1. The number of rotatable bonds is 21. The van der Waals surface area contributed by atoms with Gasteiger partial charge in [-0.3, -0.25) is 19.2 Å². The number of hydrogen-bond donors (Lipinski definition) is 1. The van der Waals surface area contributed by atoms with Gasteiger partial charge < -0.3 is 19.3 Å². The second-order valence-electron chi connectivity index (χ2n) is 13.8. The van der Waals surface area contributed by atoms with Gasteiger partial charge in [-0.15, -0.1) is 0 Å². The highest BCUT2D eigenvalue weighted by molar-refractivity contribution is 5.96. The molecular formula is C49H71NO9. The quantitative estimate of drug-likeness (QED) is 0.0361. The van der Waals surface area contributed by atoms with Crippen molar-refractivity contribution in [2.75, 3.05) is 13.2 Å². The molecule has 0 saturated heterocycles. The van der Waals surface area contributed by atoms with Crippen molar-refractivity contribution in [3.63, 3.8) is 0 Å². The van der Waals surface area contributed by atoms with Gasteiger partial charge in [0.2, 0.25) is 0 Å². The molecule has 0 heterocycles. The Morgan fingerprint density at radius 3 is 1.61 bits per heavy atom. The van der Waals surface area contributed by atoms with Crippen LogP contribution in [0.4, 0.5) is 0 Å². The number of nitrogens with zero attached hydrogens (tertiary/aromatic N) is 1. The summed E-state index contributed by atoms with van der Waals surface area (Å²) in [5.74, 6) is 0.650. The molecule has 59 heavy (non-hydrogen) atoms. The van der Waals surface area contributed by atoms with Gasteiger partial charge >= 0.3 is 11.9 Å². The van der Waals surface area contributed by atoms with Gasteiger partial charge in [0.15, 0.2) is 11.6 Å². The molecule has 0 aliphatic heterocycles. The number of hydrogen-bond acceptors (Lipinski definition) is 9. The standard InChI is InChI=1S/C24H30O4.C10H20O2.C9H10O.C5H9N.CH2O2/c1-4-5-6-7-8-9-16-27-21-14-11-20(12-15-21)24(26)28-22-13-10-18(2)23(17-22)19(3)25;1-3-5-6-7-8-9-12-10(11)4-2;1-7-3-5-9(6-4-7)8(2)10;1-2-3-4-5-6;2-1-3/h10-15,17H,4-9,16H2,1-3H3;3-9H2,1-2H3;3-6H,1-2H3;2-4H2,1H3;1H,(H,2,3). The van der Waals surface area contributed by atoms with E-state index in [1.54, 1.807) is 49.4 Å². The third-order valence-corrected chi connectivity index (χ3v) is 8.56. The van der Waals surface area contributed by atoms with Crippen LogP contribution >= 0.6 is 0 Å². The molecule has 0 amide bonds. The highest BCUT2D eigenvalue weighted by Crippen LogP contribution is 2.20. The van der Waals surface area contributed by atoms with Crippen molar-refractivity contribution >= 4 is 30.0 Å². The van der Waals surface area contributed by atoms with Gasteiger partial charge in [0, 0.05) is 24.0 Å². The molecule has 3 rings (SSSR count). The monoisotopic (exact) mass is 818 g/mol. The Morgan fingerprint density at radius 1 is 0.644 bits per heavy atom. The summed E-state index contributed by atoms with van der Waals surface area (Å²) in [6.07, 6.45) is 16.8. The molecule has 0 atom stereocenters. The highest BCUT2D eigenvalue weighted by Gasteiger charge is 2.12. The molecular weight excluding hydrogens is 747 g/mol. The third-order valence-electron chi connectivity index (χ3n) is 8.56. The second kappa shape index (κ2) is 38.2. The Hall–Kier alpha value is -5.30. The van der Waals surface area contributed by atoms with E-state index in [-0.39, 0.29) is 24.0 Å². The number of unbranched alkanes of at least 4 members (excludes halogenated alkanes) is 11. The molecule has 0 saturated carbocycles. The Morgan fingerprint density at radius 2 is 1.14 bits per heavy atom. The second-order valence-corrected chi connectivity index (χ2v) is 13.8. The minimum Gasteiger partial charge on any atom is -0.494 e. The Balaban J connectivity index is 0. The van der Waals surface area contributed by atoms with E-state index in [2.05, 4.69) is 26.8 Å². The Bertz CT molecular complexity index is 1610. The Kier molecular flexibility index (Phi) is 36.2. The van der Waals surface area contributed by atoms with Crippen LogP contribution in [-0.2, 0) is 14.3 Å². The molecule has 0 aliphatic carbocycles. The van der Waals surface area contributed by atoms with Crippen molar-refractivity contribution < 1.29 is 43.3 Å². The number of Topliss-reactive ketones (excluding diaryl/α,β-unsaturated/α-hetero) is 2. The first kappa shape index (κ1) is 55.8. The predicted octanol–water partition coefficient (Wildman–Crippen LogP) is 12.7. The number of carbonyl (C=O) groups excluding carboxylic acids is 4. The molecule has 0 aliphatic rings. The number of aryl methyl sites for hydroxylation is 2. The smallest absolute Gasteiger partial charge is 0.343 e. The highest BCUT2D eigenvalue weighted by atomic mass is 16.5. The molecule has 326 valence electrons. The summed E-state index contributed by atoms with van der Waals surface area (Å²) < 4.78 is 16.1. The summed E-state index contributed by atoms with van der Waals surface area (Å²) in [6, 6.07) is 21.7. The minimum atomic E-state index is -0.458. The maximum absolute atomic E-state index is 12.3. The summed E-state index contributed by atoms with van der Waals surface area (Å²) in [5.41, 5.74) is 3.83. The van der Waals surface area contributed by atoms with E-state index in [1.165, 1.54) is 70.3 Å². The first-order valence-corrected chi connectivity index (χ1v) is 21.1. The molecule has 10 heteroatoms. The maximum atomic E-state index is 12.3. The van der Waals surface area contributed by atoms with Gasteiger partial charge in [-0.25, -0.2) is 4.79 Å². The molecule has 0 spiro atoms. The van der Waals surface area contributed by atoms with Gasteiger partial charge in [0.1, 0.15) is 11.5 Å². The van der Waals surface area contributed by atoms with Crippen LogP contribution in [0.5, 0.6) is 11.5 Å². The summed E-state index contributed by atoms with van der Waals surface area (Å²) in [6.45, 7) is 16.3. The summed E-state index contributed by atoms with van der Waals surface area (Å²) in [7, 11) is 0. The fourth-order valence-electron chi connectivity index (χ4n) is 5.01. The maximum Gasteiger partial charge on any atom is 0.343 e. The van der Waals surface area contributed by atoms with Crippen LogP contribution in [0.1, 0.15) is 180 Å². The van der Waals surface area contributed by atoms with E-state index in [9.17, 15) is 19.2 Å². The van der Waals surface area contributed by atoms with Gasteiger partial charge in [-0.05, 0) is 88.9 Å². The van der Waals surface area contributed by atoms with Gasteiger partial charge in [0.25, 0.3) is 6.47 Å². The first-order valence-electron chi connectivity index (χ1n) is 21.1. The molecule has 1 N–H and O–H groups in total. The average molecular weight is 818 g/mol. The summed E-state index contributed by atoms with van der Waals surface area (Å²) in [4.78, 5) is 53.8. The van der Waals surface area contributed by atoms with E-state index in [0.717, 1.165) is 49.0 Å². The first-order chi connectivity index (χ1) is 28.3. The van der Waals surface area contributed by atoms with Crippen LogP contribution in [0.2, 0.25) is 0 Å². The normalized spacial score (nSPS) is 9.54. The van der Waals surface area contributed by atoms with Crippen LogP contribution in [0, 0.1) is 25.2 Å². The van der Waals surface area contributed by atoms with Gasteiger partial charge in [0.05, 0.1) is 24.8 Å². The predicted molar refractivity (Wildman–Crippen MR) is 236 cm³/mol. The molecule has 0 fully saturated rings. The number of carboxylic acid groups (broad SMARTS) is 1. The van der Waals surface area contributed by atoms with E-state index in [0.29, 0.717) is 36.5 Å². The summed E-state index contributed by atoms with van der Waals surface area (Å²) in [5, 5.41) is 14.8. The number of ketones is 2. The fraction of sp³-hybridized carbons (Fsp3) is 0.510. The van der Waals surface area contributed by atoms with Crippen molar-refractivity contribution in [2.24, 2.45) is 0 Å². The molecule has 3 aromatic rings. The molecule has 0 aromatic heterocycles. The van der Waals surface area contributed by atoms with Crippen LogP contribution < -0.4 is 9.47 Å². The molecule has 0 bridgehead atoms. The lowest BCUT2D eigenvalue weighted by Gasteiger charge is -2.09. The van der Waals surface area contributed by atoms with Crippen LogP contribution in [0.3, 0.4) is 0 Å². The van der Waals surface area contributed by atoms with Crippen molar-refractivity contribution in [2.45, 2.75) is 152 Å². The van der Waals surface area contributed by atoms with E-state index in [1.807, 2.05) is 45.0 Å². The van der Waals surface area contributed by atoms with Crippen molar-refractivity contribution in [3.05, 3.63) is 94.5 Å². The topological polar surface area (TPSA) is 157 Å². The lowest BCUT2D eigenvalue weighted by atomic mass is 10.1. The Labute approximate surface area is 354 Å². The third kappa shape index (κ3) is 31.4. The van der Waals surface area contributed by atoms with E-state index >= 15 is 0 Å². The fourth-order valence-corrected chi connectivity index (χ4v) is 5.01. The number of benzene rings is 3. The van der Waals surface area contributed by atoms with Crippen LogP contribution in [0.25, 0.3) is 0 Å². The minimum absolute atomic E-state index is 0.0535. The zero-order valence-electron chi connectivity index (χ0n) is 37.1. The summed E-state index contributed by atoms with van der Waals surface area (Å²) >= 11 is 0. The average Bonchev–Trinajstić information content (AvgIpc) is 3.23. The SMILES string of the molecule is CC(=O)c1ccc(C)cc1.CCCCC#N.CCCCCCCCOc1ccc(C(=O)Oc2ccc(C)c(C(C)=O)c2)cc1.CCCCCCCOC(=O)CC.O=CO. The zero-order chi connectivity index (χ0) is 44.7. The van der Waals surface area contributed by atoms with E-state index in [4.69, 9.17) is 29.4 Å². The van der Waals surface area contributed by atoms with Gasteiger partial charge in [-0.1, -0.05) is 128 Å². The van der Waals surface area contributed by atoms with Crippen molar-refractivity contribution in [3.8, 4) is 17.6 Å². The number of carbonyl (C=O) groups is 5. The van der Waals surface area contributed by atoms with Crippen LogP contribution in [0.15, 0.2) is 66.7 Å². The van der Waals surface area contributed by atoms with E-state index < -0.39 is 5.97 Å². The van der Waals surface area contributed by atoms with Gasteiger partial charge in [-0.2, -0.15) is 5.26 Å². The van der Waals surface area contributed by atoms with Crippen molar-refractivity contribution in [1.29, 1.82) is 5.26 Å². The number of ether oxygens (including phenoxy) is 3. The molecule has 0 radical (unpaired) electrons. The largest absolute Gasteiger partial charge is 0.494 e. The van der Waals surface area contributed by atoms with Crippen molar-refractivity contribution in [1.82, 2.24) is 0 Å². The lowest BCUT2D eigenvalue weighted by Crippen LogP contribution is -2.09. The number of esters is 2. The lowest BCUT2D eigenvalue weighted by molar-refractivity contribution is -0.143.